The first-order valence-electron chi connectivity index (χ1n) is 7.31. The van der Waals surface area contributed by atoms with E-state index in [2.05, 4.69) is 30.4 Å². The smallest absolute Gasteiger partial charge is 0.191 e. The van der Waals surface area contributed by atoms with Crippen LogP contribution in [-0.2, 0) is 26.1 Å². The molecule has 3 rings (SSSR count). The Morgan fingerprint density at radius 1 is 1.41 bits per heavy atom. The molecule has 0 bridgehead atoms. The maximum absolute atomic E-state index is 5.04. The molecule has 1 aliphatic heterocycles. The van der Waals surface area contributed by atoms with Gasteiger partial charge >= 0.3 is 0 Å². The minimum Gasteiger partial charge on any atom is -0.472 e. The molecule has 120 valence electrons. The van der Waals surface area contributed by atoms with Crippen LogP contribution in [0.3, 0.4) is 0 Å². The molecule has 3 heterocycles. The standard InChI is InChI=1S/C14H20N6O.HI/c1-2-15-14(16-8-11-5-7-21-10-11)17-9-13-19-18-12-4-3-6-20(12)13;/h5,7,10H,2-4,6,8-9H2,1H3,(H2,15,16,17);1H. The predicted molar refractivity (Wildman–Crippen MR) is 94.1 cm³/mol. The van der Waals surface area contributed by atoms with Gasteiger partial charge in [0.15, 0.2) is 11.8 Å². The van der Waals surface area contributed by atoms with Crippen molar-refractivity contribution in [2.75, 3.05) is 6.54 Å². The van der Waals surface area contributed by atoms with Crippen LogP contribution in [0.1, 0.15) is 30.6 Å². The second kappa shape index (κ2) is 8.16. The van der Waals surface area contributed by atoms with E-state index >= 15 is 0 Å². The minimum atomic E-state index is 0. The van der Waals surface area contributed by atoms with Crippen LogP contribution in [-0.4, -0.2) is 27.3 Å². The number of halogens is 1. The van der Waals surface area contributed by atoms with Crippen LogP contribution in [0.5, 0.6) is 0 Å². The lowest BCUT2D eigenvalue weighted by molar-refractivity contribution is 0.564. The highest BCUT2D eigenvalue weighted by atomic mass is 127. The first-order chi connectivity index (χ1) is 10.4. The molecule has 2 N–H and O–H groups in total. The summed E-state index contributed by atoms with van der Waals surface area (Å²) in [5.41, 5.74) is 1.05. The molecule has 0 saturated carbocycles. The second-order valence-corrected chi connectivity index (χ2v) is 4.97. The average molecular weight is 416 g/mol. The number of hydrogen-bond acceptors (Lipinski definition) is 4. The molecule has 7 nitrogen and oxygen atoms in total. The minimum absolute atomic E-state index is 0. The van der Waals surface area contributed by atoms with Crippen LogP contribution in [0.15, 0.2) is 28.0 Å². The fourth-order valence-electron chi connectivity index (χ4n) is 2.40. The third kappa shape index (κ3) is 3.99. The molecule has 1 aliphatic rings. The molecule has 2 aromatic rings. The number of fused-ring (bicyclic) bond motifs is 1. The van der Waals surface area contributed by atoms with Crippen molar-refractivity contribution >= 4 is 29.9 Å². The van der Waals surface area contributed by atoms with Crippen LogP contribution in [0.2, 0.25) is 0 Å². The highest BCUT2D eigenvalue weighted by Crippen LogP contribution is 2.13. The molecule has 0 fully saturated rings. The van der Waals surface area contributed by atoms with Gasteiger partial charge in [-0.1, -0.05) is 0 Å². The highest BCUT2D eigenvalue weighted by Gasteiger charge is 2.16. The molecule has 0 radical (unpaired) electrons. The van der Waals surface area contributed by atoms with Gasteiger partial charge in [0.2, 0.25) is 0 Å². The van der Waals surface area contributed by atoms with Crippen molar-refractivity contribution in [3.8, 4) is 0 Å². The summed E-state index contributed by atoms with van der Waals surface area (Å²) in [5.74, 6) is 2.83. The Balaban J connectivity index is 0.00000176. The summed E-state index contributed by atoms with van der Waals surface area (Å²) >= 11 is 0. The normalized spacial score (nSPS) is 13.6. The fourth-order valence-corrected chi connectivity index (χ4v) is 2.40. The summed E-state index contributed by atoms with van der Waals surface area (Å²) in [7, 11) is 0. The highest BCUT2D eigenvalue weighted by molar-refractivity contribution is 14.0. The van der Waals surface area contributed by atoms with Crippen molar-refractivity contribution < 1.29 is 4.42 Å². The van der Waals surface area contributed by atoms with E-state index < -0.39 is 0 Å². The quantitative estimate of drug-likeness (QED) is 0.441. The molecule has 0 amide bonds. The first-order valence-corrected chi connectivity index (χ1v) is 7.31. The molecule has 22 heavy (non-hydrogen) atoms. The molecule has 0 spiro atoms. The number of aryl methyl sites for hydroxylation is 1. The first kappa shape index (κ1) is 16.8. The van der Waals surface area contributed by atoms with Gasteiger partial charge in [-0.05, 0) is 19.4 Å². The predicted octanol–water partition coefficient (Wildman–Crippen LogP) is 1.69. The summed E-state index contributed by atoms with van der Waals surface area (Å²) in [4.78, 5) is 4.53. The van der Waals surface area contributed by atoms with Gasteiger partial charge in [-0.3, -0.25) is 0 Å². The van der Waals surface area contributed by atoms with Gasteiger partial charge in [0, 0.05) is 25.1 Å². The van der Waals surface area contributed by atoms with E-state index in [1.54, 1.807) is 12.5 Å². The molecule has 8 heteroatoms. The van der Waals surface area contributed by atoms with E-state index in [9.17, 15) is 0 Å². The van der Waals surface area contributed by atoms with Gasteiger partial charge in [0.1, 0.15) is 5.82 Å². The maximum atomic E-state index is 5.04. The Kier molecular flexibility index (Phi) is 6.22. The molecule has 0 aliphatic carbocycles. The van der Waals surface area contributed by atoms with Crippen molar-refractivity contribution in [3.63, 3.8) is 0 Å². The molecule has 2 aromatic heterocycles. The summed E-state index contributed by atoms with van der Waals surface area (Å²) in [6.45, 7) is 5.09. The van der Waals surface area contributed by atoms with Crippen molar-refractivity contribution in [1.82, 2.24) is 25.4 Å². The van der Waals surface area contributed by atoms with Crippen molar-refractivity contribution in [1.29, 1.82) is 0 Å². The van der Waals surface area contributed by atoms with E-state index in [1.807, 2.05) is 13.0 Å². The van der Waals surface area contributed by atoms with Crippen LogP contribution in [0.4, 0.5) is 0 Å². The van der Waals surface area contributed by atoms with Crippen LogP contribution in [0, 0.1) is 0 Å². The van der Waals surface area contributed by atoms with E-state index in [0.29, 0.717) is 13.1 Å². The van der Waals surface area contributed by atoms with Gasteiger partial charge in [0.05, 0.1) is 25.6 Å². The molecule has 0 aromatic carbocycles. The number of guanidine groups is 1. The number of aromatic nitrogens is 3. The number of furan rings is 1. The Hall–Kier alpha value is -1.58. The summed E-state index contributed by atoms with van der Waals surface area (Å²) < 4.78 is 7.23. The number of hydrogen-bond donors (Lipinski definition) is 2. The van der Waals surface area contributed by atoms with Crippen LogP contribution < -0.4 is 10.6 Å². The number of nitrogens with one attached hydrogen (secondary N) is 2. The van der Waals surface area contributed by atoms with Gasteiger partial charge in [-0.15, -0.1) is 34.2 Å². The van der Waals surface area contributed by atoms with E-state index in [1.165, 1.54) is 0 Å². The molecule has 0 unspecified atom stereocenters. The summed E-state index contributed by atoms with van der Waals surface area (Å²) in [6, 6.07) is 1.92. The van der Waals surface area contributed by atoms with Crippen molar-refractivity contribution in [2.45, 2.75) is 39.4 Å². The van der Waals surface area contributed by atoms with Gasteiger partial charge < -0.3 is 19.6 Å². The van der Waals surface area contributed by atoms with Crippen molar-refractivity contribution in [2.24, 2.45) is 4.99 Å². The lowest BCUT2D eigenvalue weighted by Gasteiger charge is -2.11. The summed E-state index contributed by atoms with van der Waals surface area (Å²) in [5, 5.41) is 15.0. The van der Waals surface area contributed by atoms with Crippen molar-refractivity contribution in [3.05, 3.63) is 35.8 Å². The monoisotopic (exact) mass is 416 g/mol. The fraction of sp³-hybridized carbons (Fsp3) is 0.500. The zero-order valence-corrected chi connectivity index (χ0v) is 14.9. The number of aliphatic imine (C=N–C) groups is 1. The largest absolute Gasteiger partial charge is 0.472 e. The lowest BCUT2D eigenvalue weighted by atomic mass is 10.3. The van der Waals surface area contributed by atoms with E-state index in [-0.39, 0.29) is 24.0 Å². The Labute approximate surface area is 146 Å². The zero-order chi connectivity index (χ0) is 14.5. The van der Waals surface area contributed by atoms with E-state index in [0.717, 1.165) is 49.1 Å². The average Bonchev–Trinajstić information content (AvgIpc) is 3.19. The Bertz CT molecular complexity index is 607. The second-order valence-electron chi connectivity index (χ2n) is 4.97. The van der Waals surface area contributed by atoms with E-state index in [4.69, 9.17) is 4.42 Å². The van der Waals surface area contributed by atoms with Gasteiger partial charge in [-0.25, -0.2) is 4.99 Å². The molecular formula is C14H21IN6O. The van der Waals surface area contributed by atoms with Gasteiger partial charge in [0.25, 0.3) is 0 Å². The summed E-state index contributed by atoms with van der Waals surface area (Å²) in [6.07, 6.45) is 5.55. The molecule has 0 atom stereocenters. The lowest BCUT2D eigenvalue weighted by Crippen LogP contribution is -2.37. The van der Waals surface area contributed by atoms with Crippen LogP contribution >= 0.6 is 24.0 Å². The van der Waals surface area contributed by atoms with Gasteiger partial charge in [-0.2, -0.15) is 0 Å². The maximum Gasteiger partial charge on any atom is 0.191 e. The topological polar surface area (TPSA) is 80.3 Å². The zero-order valence-electron chi connectivity index (χ0n) is 12.6. The number of nitrogens with zero attached hydrogens (tertiary/aromatic N) is 4. The molecular weight excluding hydrogens is 395 g/mol. The number of rotatable bonds is 5. The Morgan fingerprint density at radius 3 is 3.09 bits per heavy atom. The third-order valence-electron chi connectivity index (χ3n) is 3.44. The van der Waals surface area contributed by atoms with Crippen LogP contribution in [0.25, 0.3) is 0 Å². The Morgan fingerprint density at radius 2 is 2.32 bits per heavy atom. The SMILES string of the molecule is CCNC(=NCc1ccoc1)NCc1nnc2n1CCC2.I. The molecule has 0 saturated heterocycles. The third-order valence-corrected chi connectivity index (χ3v) is 3.44.